The molecule has 0 spiro atoms. The van der Waals surface area contributed by atoms with Gasteiger partial charge in [0.15, 0.2) is 4.34 Å². The molecule has 1 aromatic carbocycles. The van der Waals surface area contributed by atoms with E-state index in [0.717, 1.165) is 21.2 Å². The van der Waals surface area contributed by atoms with Crippen molar-refractivity contribution in [1.82, 2.24) is 10.2 Å². The molecule has 0 saturated heterocycles. The van der Waals surface area contributed by atoms with Crippen molar-refractivity contribution < 1.29 is 4.79 Å². The lowest BCUT2D eigenvalue weighted by Crippen LogP contribution is -2.14. The number of carbonyl (C=O) groups is 1. The van der Waals surface area contributed by atoms with Crippen molar-refractivity contribution in [3.05, 3.63) is 48.0 Å². The molecule has 1 amide bonds. The summed E-state index contributed by atoms with van der Waals surface area (Å²) < 4.78 is 0.836. The number of thioether (sulfide) groups is 1. The first-order valence-corrected chi connectivity index (χ1v) is 7.88. The van der Waals surface area contributed by atoms with E-state index in [9.17, 15) is 4.79 Å². The molecule has 4 nitrogen and oxygen atoms in total. The standard InChI is InChI=1S/C14H15N3OS2/c1-10(2)9-19-14-17-16-13(20-14)15-12(18)8-11-6-4-3-5-7-11/h3-7H,1,8-9H2,2H3,(H,15,16,18). The molecule has 0 aliphatic heterocycles. The van der Waals surface area contributed by atoms with Gasteiger partial charge in [0.1, 0.15) is 0 Å². The lowest BCUT2D eigenvalue weighted by molar-refractivity contribution is -0.115. The first-order chi connectivity index (χ1) is 9.63. The van der Waals surface area contributed by atoms with E-state index in [-0.39, 0.29) is 5.91 Å². The normalized spacial score (nSPS) is 10.2. The summed E-state index contributed by atoms with van der Waals surface area (Å²) in [6, 6.07) is 9.61. The average molecular weight is 305 g/mol. The maximum atomic E-state index is 11.9. The molecule has 0 fully saturated rings. The zero-order chi connectivity index (χ0) is 14.4. The van der Waals surface area contributed by atoms with Crippen LogP contribution < -0.4 is 5.32 Å². The van der Waals surface area contributed by atoms with Crippen LogP contribution in [0.15, 0.2) is 46.8 Å². The highest BCUT2D eigenvalue weighted by Gasteiger charge is 2.09. The van der Waals surface area contributed by atoms with Gasteiger partial charge in [-0.3, -0.25) is 4.79 Å². The van der Waals surface area contributed by atoms with Gasteiger partial charge in [-0.05, 0) is 12.5 Å². The lowest BCUT2D eigenvalue weighted by atomic mass is 10.1. The van der Waals surface area contributed by atoms with Crippen molar-refractivity contribution in [2.45, 2.75) is 17.7 Å². The highest BCUT2D eigenvalue weighted by atomic mass is 32.2. The van der Waals surface area contributed by atoms with E-state index in [4.69, 9.17) is 0 Å². The van der Waals surface area contributed by atoms with E-state index >= 15 is 0 Å². The molecule has 0 aliphatic carbocycles. The molecule has 104 valence electrons. The fraction of sp³-hybridized carbons (Fsp3) is 0.214. The third kappa shape index (κ3) is 4.79. The molecular formula is C14H15N3OS2. The Morgan fingerprint density at radius 2 is 2.10 bits per heavy atom. The second-order valence-electron chi connectivity index (χ2n) is 4.33. The molecule has 2 rings (SSSR count). The number of benzene rings is 1. The molecule has 1 heterocycles. The molecule has 0 atom stereocenters. The van der Waals surface area contributed by atoms with Gasteiger partial charge in [-0.1, -0.05) is 65.6 Å². The van der Waals surface area contributed by atoms with Crippen molar-refractivity contribution in [3.63, 3.8) is 0 Å². The van der Waals surface area contributed by atoms with Crippen LogP contribution in [0.25, 0.3) is 0 Å². The molecule has 20 heavy (non-hydrogen) atoms. The predicted octanol–water partition coefficient (Wildman–Crippen LogP) is 3.39. The molecule has 0 unspecified atom stereocenters. The molecule has 0 bridgehead atoms. The van der Waals surface area contributed by atoms with E-state index in [1.54, 1.807) is 11.8 Å². The molecule has 0 radical (unpaired) electrons. The van der Waals surface area contributed by atoms with Gasteiger partial charge in [0.05, 0.1) is 6.42 Å². The highest BCUT2D eigenvalue weighted by molar-refractivity contribution is 8.01. The van der Waals surface area contributed by atoms with Gasteiger partial charge in [-0.2, -0.15) is 0 Å². The molecule has 6 heteroatoms. The van der Waals surface area contributed by atoms with E-state index in [1.807, 2.05) is 37.3 Å². The number of anilines is 1. The Labute approximate surface area is 126 Å². The number of hydrogen-bond acceptors (Lipinski definition) is 5. The third-order valence-electron chi connectivity index (χ3n) is 2.30. The Morgan fingerprint density at radius 3 is 2.80 bits per heavy atom. The third-order valence-corrected chi connectivity index (χ3v) is 4.50. The van der Waals surface area contributed by atoms with Crippen LogP contribution in [-0.2, 0) is 11.2 Å². The van der Waals surface area contributed by atoms with Crippen LogP contribution in [0.1, 0.15) is 12.5 Å². The first-order valence-electron chi connectivity index (χ1n) is 6.08. The maximum absolute atomic E-state index is 11.9. The molecular weight excluding hydrogens is 290 g/mol. The topological polar surface area (TPSA) is 54.9 Å². The zero-order valence-electron chi connectivity index (χ0n) is 11.1. The summed E-state index contributed by atoms with van der Waals surface area (Å²) >= 11 is 2.96. The fourth-order valence-corrected chi connectivity index (χ4v) is 3.06. The molecule has 1 N–H and O–H groups in total. The maximum Gasteiger partial charge on any atom is 0.230 e. The van der Waals surface area contributed by atoms with Crippen LogP contribution in [0.2, 0.25) is 0 Å². The average Bonchev–Trinajstić information content (AvgIpc) is 2.85. The van der Waals surface area contributed by atoms with Gasteiger partial charge in [0.2, 0.25) is 11.0 Å². The Balaban J connectivity index is 1.87. The smallest absolute Gasteiger partial charge is 0.230 e. The van der Waals surface area contributed by atoms with Crippen molar-refractivity contribution in [1.29, 1.82) is 0 Å². The van der Waals surface area contributed by atoms with Gasteiger partial charge >= 0.3 is 0 Å². The number of amides is 1. The van der Waals surface area contributed by atoms with E-state index in [0.29, 0.717) is 11.6 Å². The summed E-state index contributed by atoms with van der Waals surface area (Å²) in [5.74, 6) is 0.732. The minimum Gasteiger partial charge on any atom is -0.300 e. The SMILES string of the molecule is C=C(C)CSc1nnc(NC(=O)Cc2ccccc2)s1. The number of rotatable bonds is 6. The van der Waals surface area contributed by atoms with Crippen LogP contribution >= 0.6 is 23.1 Å². The van der Waals surface area contributed by atoms with Gasteiger partial charge in [0, 0.05) is 5.75 Å². The lowest BCUT2D eigenvalue weighted by Gasteiger charge is -2.00. The first kappa shape index (κ1) is 14.7. The van der Waals surface area contributed by atoms with E-state index in [2.05, 4.69) is 22.1 Å². The summed E-state index contributed by atoms with van der Waals surface area (Å²) in [5, 5.41) is 11.3. The molecule has 1 aromatic heterocycles. The Hall–Kier alpha value is -1.66. The Morgan fingerprint density at radius 1 is 1.35 bits per heavy atom. The van der Waals surface area contributed by atoms with Crippen LogP contribution in [0, 0.1) is 0 Å². The minimum atomic E-state index is -0.0798. The van der Waals surface area contributed by atoms with E-state index < -0.39 is 0 Å². The number of nitrogens with zero attached hydrogens (tertiary/aromatic N) is 2. The molecule has 0 saturated carbocycles. The van der Waals surface area contributed by atoms with E-state index in [1.165, 1.54) is 11.3 Å². The zero-order valence-corrected chi connectivity index (χ0v) is 12.8. The number of hydrogen-bond donors (Lipinski definition) is 1. The monoisotopic (exact) mass is 305 g/mol. The number of nitrogens with one attached hydrogen (secondary N) is 1. The van der Waals surface area contributed by atoms with Crippen molar-refractivity contribution in [3.8, 4) is 0 Å². The quantitative estimate of drug-likeness (QED) is 0.505. The van der Waals surface area contributed by atoms with Gasteiger partial charge in [0.25, 0.3) is 0 Å². The van der Waals surface area contributed by atoms with Crippen LogP contribution in [0.5, 0.6) is 0 Å². The summed E-state index contributed by atoms with van der Waals surface area (Å²) in [6.07, 6.45) is 0.342. The van der Waals surface area contributed by atoms with Gasteiger partial charge < -0.3 is 5.32 Å². The summed E-state index contributed by atoms with van der Waals surface area (Å²) in [7, 11) is 0. The second kappa shape index (κ2) is 7.21. The summed E-state index contributed by atoms with van der Waals surface area (Å²) in [5.41, 5.74) is 2.06. The molecule has 0 aliphatic rings. The summed E-state index contributed by atoms with van der Waals surface area (Å²) in [6.45, 7) is 5.81. The highest BCUT2D eigenvalue weighted by Crippen LogP contribution is 2.26. The van der Waals surface area contributed by atoms with Crippen molar-refractivity contribution in [2.75, 3.05) is 11.1 Å². The Kier molecular flexibility index (Phi) is 5.31. The number of aromatic nitrogens is 2. The molecule has 2 aromatic rings. The summed E-state index contributed by atoms with van der Waals surface area (Å²) in [4.78, 5) is 11.9. The van der Waals surface area contributed by atoms with Crippen LogP contribution in [0.3, 0.4) is 0 Å². The largest absolute Gasteiger partial charge is 0.300 e. The number of carbonyl (C=O) groups excluding carboxylic acids is 1. The van der Waals surface area contributed by atoms with Gasteiger partial charge in [-0.25, -0.2) is 0 Å². The van der Waals surface area contributed by atoms with Crippen LogP contribution in [0.4, 0.5) is 5.13 Å². The minimum absolute atomic E-state index is 0.0798. The Bertz CT molecular complexity index is 595. The van der Waals surface area contributed by atoms with Gasteiger partial charge in [-0.15, -0.1) is 10.2 Å². The predicted molar refractivity (Wildman–Crippen MR) is 84.2 cm³/mol. The van der Waals surface area contributed by atoms with Crippen molar-refractivity contribution in [2.24, 2.45) is 0 Å². The van der Waals surface area contributed by atoms with Crippen LogP contribution in [-0.4, -0.2) is 21.9 Å². The fourth-order valence-electron chi connectivity index (χ4n) is 1.45. The second-order valence-corrected chi connectivity index (χ2v) is 6.53. The van der Waals surface area contributed by atoms with Crippen molar-refractivity contribution >= 4 is 34.1 Å².